The molecule has 1 aromatic rings. The number of hydrogen-bond donors (Lipinski definition) is 0. The summed E-state index contributed by atoms with van der Waals surface area (Å²) in [6, 6.07) is 0. The van der Waals surface area contributed by atoms with Gasteiger partial charge in [0.2, 0.25) is 5.95 Å². The van der Waals surface area contributed by atoms with E-state index >= 15 is 0 Å². The van der Waals surface area contributed by atoms with Gasteiger partial charge in [-0.05, 0) is 11.7 Å². The first-order valence-corrected chi connectivity index (χ1v) is 7.59. The van der Waals surface area contributed by atoms with Crippen LogP contribution in [0.4, 0.5) is 5.95 Å². The van der Waals surface area contributed by atoms with E-state index in [9.17, 15) is 0 Å². The minimum atomic E-state index is 0.594. The molecule has 1 aliphatic heterocycles. The quantitative estimate of drug-likeness (QED) is 0.764. The second kappa shape index (κ2) is 6.43. The summed E-state index contributed by atoms with van der Waals surface area (Å²) in [5.41, 5.74) is 0. The molecule has 1 fully saturated rings. The number of ether oxygens (including phenoxy) is 1. The van der Waals surface area contributed by atoms with Crippen molar-refractivity contribution in [2.45, 2.75) is 32.5 Å². The second-order valence-corrected chi connectivity index (χ2v) is 6.05. The molecule has 5 nitrogen and oxygen atoms in total. The topological polar surface area (TPSA) is 43.2 Å². The Hall–Kier alpha value is -0.750. The molecule has 6 heteroatoms. The van der Waals surface area contributed by atoms with Gasteiger partial charge in [-0.15, -0.1) is 10.2 Å². The molecule has 18 heavy (non-hydrogen) atoms. The Morgan fingerprint density at radius 3 is 2.61 bits per heavy atom. The Balaban J connectivity index is 2.21. The number of thioether (sulfide) groups is 1. The van der Waals surface area contributed by atoms with Gasteiger partial charge in [-0.3, -0.25) is 4.57 Å². The first-order chi connectivity index (χ1) is 8.72. The van der Waals surface area contributed by atoms with Crippen LogP contribution in [0.15, 0.2) is 5.16 Å². The molecule has 0 aliphatic carbocycles. The Morgan fingerprint density at radius 1 is 1.28 bits per heavy atom. The largest absolute Gasteiger partial charge is 0.378 e. The van der Waals surface area contributed by atoms with Crippen molar-refractivity contribution >= 4 is 17.7 Å². The van der Waals surface area contributed by atoms with Crippen molar-refractivity contribution in [1.82, 2.24) is 14.8 Å². The predicted octanol–water partition coefficient (Wildman–Crippen LogP) is 1.88. The van der Waals surface area contributed by atoms with Crippen molar-refractivity contribution < 1.29 is 4.74 Å². The average Bonchev–Trinajstić information content (AvgIpc) is 2.73. The molecule has 1 aromatic heterocycles. The van der Waals surface area contributed by atoms with E-state index < -0.39 is 0 Å². The molecule has 0 bridgehead atoms. The molecule has 0 aromatic carbocycles. The number of anilines is 1. The molecule has 0 spiro atoms. The molecule has 102 valence electrons. The van der Waals surface area contributed by atoms with E-state index in [-0.39, 0.29) is 0 Å². The van der Waals surface area contributed by atoms with Gasteiger partial charge in [0, 0.05) is 19.6 Å². The van der Waals surface area contributed by atoms with Crippen LogP contribution >= 0.6 is 11.8 Å². The van der Waals surface area contributed by atoms with Crippen LogP contribution in [-0.2, 0) is 11.3 Å². The number of morpholine rings is 1. The fourth-order valence-corrected chi connectivity index (χ4v) is 2.71. The van der Waals surface area contributed by atoms with Crippen molar-refractivity contribution in [3.05, 3.63) is 0 Å². The molecule has 1 saturated heterocycles. The third-order valence-electron chi connectivity index (χ3n) is 2.81. The van der Waals surface area contributed by atoms with Crippen LogP contribution < -0.4 is 4.90 Å². The third kappa shape index (κ3) is 3.17. The number of hydrogen-bond acceptors (Lipinski definition) is 5. The molecule has 2 rings (SSSR count). The highest BCUT2D eigenvalue weighted by Gasteiger charge is 2.20. The fourth-order valence-electron chi connectivity index (χ4n) is 2.04. The van der Waals surface area contributed by atoms with E-state index in [0.717, 1.165) is 49.7 Å². The lowest BCUT2D eigenvalue weighted by Crippen LogP contribution is -2.38. The first kappa shape index (κ1) is 13.7. The van der Waals surface area contributed by atoms with E-state index in [0.29, 0.717) is 5.92 Å². The molecule has 0 radical (unpaired) electrons. The van der Waals surface area contributed by atoms with Crippen molar-refractivity contribution in [1.29, 1.82) is 0 Å². The Kier molecular flexibility index (Phi) is 4.88. The van der Waals surface area contributed by atoms with Crippen LogP contribution in [0.3, 0.4) is 0 Å². The standard InChI is InChI=1S/C12H22N4OS/c1-4-18-12-14-13-11(16(12)9-10(2)3)15-5-7-17-8-6-15/h10H,4-9H2,1-3H3. The minimum absolute atomic E-state index is 0.594. The molecule has 1 aliphatic rings. The van der Waals surface area contributed by atoms with Gasteiger partial charge in [-0.25, -0.2) is 0 Å². The summed E-state index contributed by atoms with van der Waals surface area (Å²) in [5, 5.41) is 9.74. The highest BCUT2D eigenvalue weighted by Crippen LogP contribution is 2.23. The lowest BCUT2D eigenvalue weighted by Gasteiger charge is -2.28. The lowest BCUT2D eigenvalue weighted by atomic mass is 10.2. The minimum Gasteiger partial charge on any atom is -0.378 e. The number of nitrogens with zero attached hydrogens (tertiary/aromatic N) is 4. The van der Waals surface area contributed by atoms with Crippen LogP contribution in [0.2, 0.25) is 0 Å². The summed E-state index contributed by atoms with van der Waals surface area (Å²) >= 11 is 1.76. The highest BCUT2D eigenvalue weighted by atomic mass is 32.2. The van der Waals surface area contributed by atoms with Gasteiger partial charge in [0.15, 0.2) is 5.16 Å². The summed E-state index contributed by atoms with van der Waals surface area (Å²) < 4.78 is 7.65. The molecule has 0 saturated carbocycles. The SMILES string of the molecule is CCSc1nnc(N2CCOCC2)n1CC(C)C. The monoisotopic (exact) mass is 270 g/mol. The van der Waals surface area contributed by atoms with Crippen LogP contribution in [-0.4, -0.2) is 46.8 Å². The summed E-state index contributed by atoms with van der Waals surface area (Å²) in [7, 11) is 0. The maximum Gasteiger partial charge on any atom is 0.228 e. The fraction of sp³-hybridized carbons (Fsp3) is 0.833. The Bertz CT molecular complexity index is 374. The van der Waals surface area contributed by atoms with E-state index in [1.165, 1.54) is 0 Å². The summed E-state index contributed by atoms with van der Waals surface area (Å²) in [6.45, 7) is 11.0. The van der Waals surface area contributed by atoms with Crippen LogP contribution in [0.5, 0.6) is 0 Å². The van der Waals surface area contributed by atoms with Gasteiger partial charge >= 0.3 is 0 Å². The van der Waals surface area contributed by atoms with Crippen LogP contribution in [0.25, 0.3) is 0 Å². The van der Waals surface area contributed by atoms with Crippen LogP contribution in [0, 0.1) is 5.92 Å². The van der Waals surface area contributed by atoms with E-state index in [1.54, 1.807) is 11.8 Å². The summed E-state index contributed by atoms with van der Waals surface area (Å²) in [5.74, 6) is 2.62. The maximum atomic E-state index is 5.39. The van der Waals surface area contributed by atoms with Gasteiger partial charge < -0.3 is 9.64 Å². The van der Waals surface area contributed by atoms with Gasteiger partial charge in [0.1, 0.15) is 0 Å². The van der Waals surface area contributed by atoms with Gasteiger partial charge in [0.05, 0.1) is 13.2 Å². The first-order valence-electron chi connectivity index (χ1n) is 6.61. The number of rotatable bonds is 5. The smallest absolute Gasteiger partial charge is 0.228 e. The van der Waals surface area contributed by atoms with E-state index in [2.05, 4.69) is 40.4 Å². The van der Waals surface area contributed by atoms with Crippen molar-refractivity contribution in [3.8, 4) is 0 Å². The zero-order valence-corrected chi connectivity index (χ0v) is 12.2. The highest BCUT2D eigenvalue weighted by molar-refractivity contribution is 7.99. The van der Waals surface area contributed by atoms with Crippen molar-refractivity contribution in [2.24, 2.45) is 5.92 Å². The third-order valence-corrected chi connectivity index (χ3v) is 3.66. The van der Waals surface area contributed by atoms with Crippen LogP contribution in [0.1, 0.15) is 20.8 Å². The van der Waals surface area contributed by atoms with E-state index in [4.69, 9.17) is 4.74 Å². The van der Waals surface area contributed by atoms with E-state index in [1.807, 2.05) is 0 Å². The molecule has 0 amide bonds. The number of aromatic nitrogens is 3. The molecule has 0 atom stereocenters. The zero-order valence-electron chi connectivity index (χ0n) is 11.4. The van der Waals surface area contributed by atoms with Gasteiger partial charge in [-0.2, -0.15) is 0 Å². The maximum absolute atomic E-state index is 5.39. The molecule has 2 heterocycles. The Labute approximate surface area is 113 Å². The molecule has 0 unspecified atom stereocenters. The zero-order chi connectivity index (χ0) is 13.0. The summed E-state index contributed by atoms with van der Waals surface area (Å²) in [6.07, 6.45) is 0. The predicted molar refractivity (Wildman–Crippen MR) is 74.3 cm³/mol. The average molecular weight is 270 g/mol. The molecular weight excluding hydrogens is 248 g/mol. The lowest BCUT2D eigenvalue weighted by molar-refractivity contribution is 0.121. The molecular formula is C12H22N4OS. The van der Waals surface area contributed by atoms with Gasteiger partial charge in [0.25, 0.3) is 0 Å². The second-order valence-electron chi connectivity index (χ2n) is 4.82. The normalized spacial score (nSPS) is 16.6. The van der Waals surface area contributed by atoms with Crippen molar-refractivity contribution in [3.63, 3.8) is 0 Å². The summed E-state index contributed by atoms with van der Waals surface area (Å²) in [4.78, 5) is 2.28. The van der Waals surface area contributed by atoms with Crippen molar-refractivity contribution in [2.75, 3.05) is 37.0 Å². The Morgan fingerprint density at radius 2 is 2.00 bits per heavy atom. The molecule has 0 N–H and O–H groups in total. The van der Waals surface area contributed by atoms with Gasteiger partial charge in [-0.1, -0.05) is 32.5 Å².